The van der Waals surface area contributed by atoms with Gasteiger partial charge in [-0.05, 0) is 54.8 Å². The number of hydrogen-bond acceptors (Lipinski definition) is 3. The molecule has 1 aliphatic carbocycles. The Bertz CT molecular complexity index is 1090. The lowest BCUT2D eigenvalue weighted by atomic mass is 9.73. The van der Waals surface area contributed by atoms with Crippen molar-refractivity contribution in [1.82, 2.24) is 9.80 Å². The molecule has 2 saturated heterocycles. The second kappa shape index (κ2) is 8.29. The van der Waals surface area contributed by atoms with Gasteiger partial charge in [0.15, 0.2) is 0 Å². The van der Waals surface area contributed by atoms with Gasteiger partial charge in [-0.2, -0.15) is 0 Å². The first-order chi connectivity index (χ1) is 15.5. The van der Waals surface area contributed by atoms with Crippen LogP contribution in [0.3, 0.4) is 0 Å². The van der Waals surface area contributed by atoms with E-state index in [1.54, 1.807) is 4.90 Å². The van der Waals surface area contributed by atoms with E-state index in [0.717, 1.165) is 11.1 Å². The molecule has 3 atom stereocenters. The monoisotopic (exact) mass is 433 g/mol. The SMILES string of the molecule is O=C(Nc1ccc(F)cc1)N1CC(=O)N2[C@@H](CO)[C@@H](c3ccc(C#CC4CC4)cc3)[C@@H]2C1. The van der Waals surface area contributed by atoms with Gasteiger partial charge < -0.3 is 20.2 Å². The van der Waals surface area contributed by atoms with Crippen LogP contribution in [0.25, 0.3) is 0 Å². The number of nitrogens with one attached hydrogen (secondary N) is 1. The summed E-state index contributed by atoms with van der Waals surface area (Å²) in [5.41, 5.74) is 2.45. The molecule has 2 N–H and O–H groups in total. The lowest BCUT2D eigenvalue weighted by molar-refractivity contribution is -0.159. The number of hydrogen-bond donors (Lipinski definition) is 2. The molecule has 0 unspecified atom stereocenters. The Morgan fingerprint density at radius 1 is 1.12 bits per heavy atom. The number of aliphatic hydroxyl groups excluding tert-OH is 1. The number of nitrogens with zero attached hydrogens (tertiary/aromatic N) is 2. The van der Waals surface area contributed by atoms with Crippen LogP contribution < -0.4 is 5.32 Å². The van der Waals surface area contributed by atoms with Crippen LogP contribution in [0.1, 0.15) is 29.9 Å². The van der Waals surface area contributed by atoms with Crippen LogP contribution in [0.2, 0.25) is 0 Å². The molecule has 3 fully saturated rings. The van der Waals surface area contributed by atoms with Gasteiger partial charge in [-0.1, -0.05) is 24.0 Å². The number of fused-ring (bicyclic) bond motifs is 1. The number of carbonyl (C=O) groups is 2. The molecule has 0 spiro atoms. The molecule has 1 saturated carbocycles. The molecule has 3 amide bonds. The minimum absolute atomic E-state index is 0.0531. The van der Waals surface area contributed by atoms with E-state index in [1.165, 1.54) is 42.0 Å². The van der Waals surface area contributed by atoms with Crippen molar-refractivity contribution in [1.29, 1.82) is 0 Å². The largest absolute Gasteiger partial charge is 0.394 e. The third-order valence-electron chi connectivity index (χ3n) is 6.43. The zero-order chi connectivity index (χ0) is 22.2. The smallest absolute Gasteiger partial charge is 0.322 e. The van der Waals surface area contributed by atoms with E-state index in [0.29, 0.717) is 18.2 Å². The number of anilines is 1. The van der Waals surface area contributed by atoms with E-state index in [-0.39, 0.29) is 42.9 Å². The van der Waals surface area contributed by atoms with E-state index in [4.69, 9.17) is 0 Å². The first-order valence-electron chi connectivity index (χ1n) is 10.9. The van der Waals surface area contributed by atoms with E-state index in [1.807, 2.05) is 24.3 Å². The molecule has 7 heteroatoms. The standard InChI is InChI=1S/C25H24FN3O3/c26-19-9-11-20(12-10-19)27-25(32)28-13-21-24(22(15-30)29(21)23(31)14-28)18-7-5-17(6-8-18)4-3-16-1-2-16/h5-12,16,21-22,24,30H,1-2,13-15H2,(H,27,32)/t21-,22-,24-/m0/s1. The van der Waals surface area contributed by atoms with Gasteiger partial charge in [-0.25, -0.2) is 9.18 Å². The van der Waals surface area contributed by atoms with Crippen molar-refractivity contribution >= 4 is 17.6 Å². The fourth-order valence-corrected chi connectivity index (χ4v) is 4.59. The van der Waals surface area contributed by atoms with Crippen molar-refractivity contribution in [2.45, 2.75) is 30.8 Å². The molecular weight excluding hydrogens is 409 g/mol. The highest BCUT2D eigenvalue weighted by Crippen LogP contribution is 2.43. The third kappa shape index (κ3) is 3.94. The van der Waals surface area contributed by atoms with Crippen LogP contribution in [-0.4, -0.2) is 58.6 Å². The summed E-state index contributed by atoms with van der Waals surface area (Å²) >= 11 is 0. The summed E-state index contributed by atoms with van der Waals surface area (Å²) in [6.45, 7) is 0.184. The average molecular weight is 433 g/mol. The van der Waals surface area contributed by atoms with Crippen LogP contribution in [0.15, 0.2) is 48.5 Å². The highest BCUT2D eigenvalue weighted by molar-refractivity contribution is 5.93. The lowest BCUT2D eigenvalue weighted by Gasteiger charge is -2.58. The van der Waals surface area contributed by atoms with Gasteiger partial charge in [0.25, 0.3) is 0 Å². The molecule has 2 aliphatic heterocycles. The molecule has 32 heavy (non-hydrogen) atoms. The van der Waals surface area contributed by atoms with Crippen LogP contribution in [0, 0.1) is 23.6 Å². The maximum atomic E-state index is 13.1. The van der Waals surface area contributed by atoms with E-state index in [2.05, 4.69) is 17.2 Å². The molecule has 164 valence electrons. The summed E-state index contributed by atoms with van der Waals surface area (Å²) in [6.07, 6.45) is 2.37. The van der Waals surface area contributed by atoms with Crippen molar-refractivity contribution in [3.63, 3.8) is 0 Å². The van der Waals surface area contributed by atoms with E-state index < -0.39 is 6.03 Å². The highest BCUT2D eigenvalue weighted by Gasteiger charge is 2.54. The number of halogens is 1. The van der Waals surface area contributed by atoms with Crippen LogP contribution in [-0.2, 0) is 4.79 Å². The number of carbonyl (C=O) groups excluding carboxylic acids is 2. The van der Waals surface area contributed by atoms with Crippen LogP contribution >= 0.6 is 0 Å². The molecule has 2 aromatic carbocycles. The number of piperazine rings is 1. The van der Waals surface area contributed by atoms with Crippen LogP contribution in [0.5, 0.6) is 0 Å². The summed E-state index contributed by atoms with van der Waals surface area (Å²) in [6, 6.07) is 12.6. The minimum Gasteiger partial charge on any atom is -0.394 e. The maximum Gasteiger partial charge on any atom is 0.322 e. The number of rotatable bonds is 3. The first kappa shape index (κ1) is 20.5. The van der Waals surface area contributed by atoms with Crippen molar-refractivity contribution in [2.24, 2.45) is 5.92 Å². The Kier molecular flexibility index (Phi) is 5.32. The summed E-state index contributed by atoms with van der Waals surface area (Å²) in [4.78, 5) is 28.7. The fraction of sp³-hybridized carbons (Fsp3) is 0.360. The second-order valence-corrected chi connectivity index (χ2v) is 8.63. The van der Waals surface area contributed by atoms with Gasteiger partial charge >= 0.3 is 6.03 Å². The van der Waals surface area contributed by atoms with Gasteiger partial charge in [-0.3, -0.25) is 4.79 Å². The molecule has 0 radical (unpaired) electrons. The Morgan fingerprint density at radius 3 is 2.50 bits per heavy atom. The Balaban J connectivity index is 1.30. The number of urea groups is 1. The molecule has 2 heterocycles. The number of amides is 3. The van der Waals surface area contributed by atoms with Crippen molar-refractivity contribution < 1.29 is 19.1 Å². The molecule has 6 nitrogen and oxygen atoms in total. The molecule has 0 aromatic heterocycles. The molecule has 5 rings (SSSR count). The highest BCUT2D eigenvalue weighted by atomic mass is 19.1. The predicted octanol–water partition coefficient (Wildman–Crippen LogP) is 2.79. The summed E-state index contributed by atoms with van der Waals surface area (Å²) < 4.78 is 13.1. The first-order valence-corrected chi connectivity index (χ1v) is 10.9. The van der Waals surface area contributed by atoms with Gasteiger partial charge in [0, 0.05) is 29.6 Å². The summed E-state index contributed by atoms with van der Waals surface area (Å²) in [5.74, 6) is 6.35. The third-order valence-corrected chi connectivity index (χ3v) is 6.43. The molecule has 3 aliphatic rings. The van der Waals surface area contributed by atoms with Crippen molar-refractivity contribution in [3.05, 3.63) is 65.5 Å². The van der Waals surface area contributed by atoms with Gasteiger partial charge in [0.05, 0.1) is 18.7 Å². The lowest BCUT2D eigenvalue weighted by Crippen LogP contribution is -2.73. The topological polar surface area (TPSA) is 72.9 Å². The van der Waals surface area contributed by atoms with Crippen LogP contribution in [0.4, 0.5) is 14.9 Å². The van der Waals surface area contributed by atoms with Crippen molar-refractivity contribution in [2.75, 3.05) is 25.0 Å². The molecule has 0 bridgehead atoms. The van der Waals surface area contributed by atoms with E-state index in [9.17, 15) is 19.1 Å². The fourth-order valence-electron chi connectivity index (χ4n) is 4.59. The number of aliphatic hydroxyl groups is 1. The Hall–Kier alpha value is -3.37. The quantitative estimate of drug-likeness (QED) is 0.732. The maximum absolute atomic E-state index is 13.1. The minimum atomic E-state index is -0.401. The number of benzene rings is 2. The molecule has 2 aromatic rings. The van der Waals surface area contributed by atoms with Gasteiger partial charge in [0.1, 0.15) is 12.4 Å². The Labute approximate surface area is 186 Å². The summed E-state index contributed by atoms with van der Waals surface area (Å²) in [7, 11) is 0. The predicted molar refractivity (Wildman–Crippen MR) is 117 cm³/mol. The van der Waals surface area contributed by atoms with Gasteiger partial charge in [0.2, 0.25) is 5.91 Å². The van der Waals surface area contributed by atoms with Gasteiger partial charge in [-0.15, -0.1) is 0 Å². The molecular formula is C25H24FN3O3. The van der Waals surface area contributed by atoms with Crippen molar-refractivity contribution in [3.8, 4) is 11.8 Å². The zero-order valence-corrected chi connectivity index (χ0v) is 17.5. The average Bonchev–Trinajstić information content (AvgIpc) is 3.60. The second-order valence-electron chi connectivity index (χ2n) is 8.63. The normalized spacial score (nSPS) is 24.2. The zero-order valence-electron chi connectivity index (χ0n) is 17.5. The summed E-state index contributed by atoms with van der Waals surface area (Å²) in [5, 5.41) is 12.7. The Morgan fingerprint density at radius 2 is 1.84 bits per heavy atom. The van der Waals surface area contributed by atoms with E-state index >= 15 is 0 Å².